The van der Waals surface area contributed by atoms with Crippen molar-refractivity contribution in [2.24, 2.45) is 0 Å². The van der Waals surface area contributed by atoms with Crippen molar-refractivity contribution in [3.05, 3.63) is 87.5 Å². The van der Waals surface area contributed by atoms with Gasteiger partial charge in [-0.2, -0.15) is 0 Å². The van der Waals surface area contributed by atoms with Crippen molar-refractivity contribution in [2.45, 2.75) is 13.1 Å². The molecule has 9 nitrogen and oxygen atoms in total. The topological polar surface area (TPSA) is 105 Å². The molecule has 0 saturated heterocycles. The molecule has 0 aliphatic rings. The number of ether oxygens (including phenoxy) is 2. The Morgan fingerprint density at radius 1 is 1.03 bits per heavy atom. The molecule has 10 heteroatoms. The van der Waals surface area contributed by atoms with Gasteiger partial charge in [0.1, 0.15) is 28.5 Å². The fourth-order valence-corrected chi connectivity index (χ4v) is 5.14. The van der Waals surface area contributed by atoms with Gasteiger partial charge < -0.3 is 19.2 Å². The Balaban J connectivity index is 1.63. The molecule has 2 aromatic carbocycles. The van der Waals surface area contributed by atoms with Crippen LogP contribution in [0.4, 0.5) is 5.69 Å². The van der Waals surface area contributed by atoms with Crippen molar-refractivity contribution in [3.63, 3.8) is 0 Å². The number of methoxy groups -OCH3 is 2. The summed E-state index contributed by atoms with van der Waals surface area (Å²) >= 11 is 1.29. The van der Waals surface area contributed by atoms with Gasteiger partial charge in [0.2, 0.25) is 5.91 Å². The Labute approximate surface area is 202 Å². The normalized spacial score (nSPS) is 11.1. The number of anilines is 1. The molecule has 0 unspecified atom stereocenters. The number of benzene rings is 2. The largest absolute Gasteiger partial charge is 0.497 e. The molecule has 0 aliphatic carbocycles. The van der Waals surface area contributed by atoms with Crippen LogP contribution < -0.4 is 26.0 Å². The number of thiophene rings is 1. The monoisotopic (exact) mass is 491 g/mol. The maximum Gasteiger partial charge on any atom is 0.332 e. The Morgan fingerprint density at radius 2 is 1.86 bits per heavy atom. The number of rotatable bonds is 7. The molecular weight excluding hydrogens is 470 g/mol. The molecule has 0 atom stereocenters. The van der Waals surface area contributed by atoms with Crippen LogP contribution in [0.25, 0.3) is 20.3 Å². The Hall–Kier alpha value is -4.31. The molecule has 0 fully saturated rings. The van der Waals surface area contributed by atoms with Gasteiger partial charge in [-0.15, -0.1) is 11.3 Å². The number of carbonyl (C=O) groups is 1. The second kappa shape index (κ2) is 9.15. The average molecular weight is 492 g/mol. The first-order chi connectivity index (χ1) is 17.0. The van der Waals surface area contributed by atoms with E-state index in [2.05, 4.69) is 5.32 Å². The number of nitrogens with one attached hydrogen (secondary N) is 1. The summed E-state index contributed by atoms with van der Waals surface area (Å²) in [4.78, 5) is 40.0. The van der Waals surface area contributed by atoms with E-state index >= 15 is 0 Å². The SMILES string of the molecule is COc1ccc(OC)c(NC(=O)Cn2c(=O)n(Cc3ccco3)c(=O)c3sc4ccccc4c32)c1. The zero-order chi connectivity index (χ0) is 24.5. The van der Waals surface area contributed by atoms with Gasteiger partial charge in [0.25, 0.3) is 5.56 Å². The highest BCUT2D eigenvalue weighted by Gasteiger charge is 2.21. The summed E-state index contributed by atoms with van der Waals surface area (Å²) in [5.41, 5.74) is -0.187. The van der Waals surface area contributed by atoms with Gasteiger partial charge in [-0.05, 0) is 30.3 Å². The molecule has 1 N–H and O–H groups in total. The molecule has 1 amide bonds. The maximum atomic E-state index is 13.5. The van der Waals surface area contributed by atoms with Crippen LogP contribution in [-0.4, -0.2) is 29.3 Å². The first-order valence-electron chi connectivity index (χ1n) is 10.7. The second-order valence-corrected chi connectivity index (χ2v) is 8.78. The van der Waals surface area contributed by atoms with Crippen LogP contribution in [0.1, 0.15) is 5.76 Å². The zero-order valence-corrected chi connectivity index (χ0v) is 19.8. The third-order valence-electron chi connectivity index (χ3n) is 5.62. The molecule has 0 bridgehead atoms. The summed E-state index contributed by atoms with van der Waals surface area (Å²) in [6.45, 7) is -0.352. The van der Waals surface area contributed by atoms with E-state index in [9.17, 15) is 14.4 Å². The summed E-state index contributed by atoms with van der Waals surface area (Å²) < 4.78 is 19.6. The quantitative estimate of drug-likeness (QED) is 0.373. The van der Waals surface area contributed by atoms with Crippen LogP contribution in [0.15, 0.2) is 74.9 Å². The van der Waals surface area contributed by atoms with Crippen LogP contribution in [0.3, 0.4) is 0 Å². The second-order valence-electron chi connectivity index (χ2n) is 7.73. The molecular formula is C25H21N3O6S. The first kappa shape index (κ1) is 22.5. The lowest BCUT2D eigenvalue weighted by Gasteiger charge is -2.14. The van der Waals surface area contributed by atoms with E-state index in [1.165, 1.54) is 36.4 Å². The molecule has 0 spiro atoms. The maximum absolute atomic E-state index is 13.5. The van der Waals surface area contributed by atoms with Crippen molar-refractivity contribution >= 4 is 43.2 Å². The van der Waals surface area contributed by atoms with Gasteiger partial charge >= 0.3 is 5.69 Å². The van der Waals surface area contributed by atoms with E-state index in [0.29, 0.717) is 33.2 Å². The average Bonchev–Trinajstić information content (AvgIpc) is 3.52. The molecule has 178 valence electrons. The number of hydrogen-bond acceptors (Lipinski definition) is 7. The molecule has 0 saturated carbocycles. The van der Waals surface area contributed by atoms with Crippen LogP contribution in [0, 0.1) is 0 Å². The lowest BCUT2D eigenvalue weighted by atomic mass is 10.2. The molecule has 0 aliphatic heterocycles. The summed E-state index contributed by atoms with van der Waals surface area (Å²) in [6, 6.07) is 15.8. The number of amides is 1. The van der Waals surface area contributed by atoms with Gasteiger partial charge in [0.15, 0.2) is 0 Å². The van der Waals surface area contributed by atoms with Crippen LogP contribution in [0.5, 0.6) is 11.5 Å². The zero-order valence-electron chi connectivity index (χ0n) is 18.9. The first-order valence-corrected chi connectivity index (χ1v) is 11.5. The minimum Gasteiger partial charge on any atom is -0.497 e. The van der Waals surface area contributed by atoms with Crippen molar-refractivity contribution in [3.8, 4) is 11.5 Å². The Morgan fingerprint density at radius 3 is 2.60 bits per heavy atom. The Bertz CT molecular complexity index is 1660. The standard InChI is InChI=1S/C25H21N3O6S/c1-32-15-9-10-19(33-2)18(12-15)26-21(29)14-27-22-17-7-3-4-8-20(17)35-23(22)24(30)28(25(27)31)13-16-6-5-11-34-16/h3-12H,13-14H2,1-2H3,(H,26,29). The van der Waals surface area contributed by atoms with E-state index in [1.807, 2.05) is 24.3 Å². The predicted octanol–water partition coefficient (Wildman–Crippen LogP) is 3.68. The fourth-order valence-electron chi connectivity index (χ4n) is 3.99. The molecule has 3 aromatic heterocycles. The number of hydrogen-bond donors (Lipinski definition) is 1. The highest BCUT2D eigenvalue weighted by Crippen LogP contribution is 2.31. The Kier molecular flexibility index (Phi) is 5.87. The molecule has 3 heterocycles. The summed E-state index contributed by atoms with van der Waals surface area (Å²) in [5, 5.41) is 3.53. The summed E-state index contributed by atoms with van der Waals surface area (Å²) in [6.07, 6.45) is 1.48. The minimum atomic E-state index is -0.602. The summed E-state index contributed by atoms with van der Waals surface area (Å²) in [5.74, 6) is 0.983. The van der Waals surface area contributed by atoms with Crippen LogP contribution in [0.2, 0.25) is 0 Å². The lowest BCUT2D eigenvalue weighted by molar-refractivity contribution is -0.116. The molecule has 0 radical (unpaired) electrons. The predicted molar refractivity (Wildman–Crippen MR) is 134 cm³/mol. The van der Waals surface area contributed by atoms with E-state index < -0.39 is 17.2 Å². The van der Waals surface area contributed by atoms with Crippen molar-refractivity contribution in [1.82, 2.24) is 9.13 Å². The van der Waals surface area contributed by atoms with Gasteiger partial charge in [-0.1, -0.05) is 18.2 Å². The minimum absolute atomic E-state index is 0.0415. The third kappa shape index (κ3) is 4.08. The van der Waals surface area contributed by atoms with Gasteiger partial charge in [0.05, 0.1) is 38.2 Å². The summed E-state index contributed by atoms with van der Waals surface area (Å²) in [7, 11) is 3.02. The number of nitrogens with zero attached hydrogens (tertiary/aromatic N) is 2. The van der Waals surface area contributed by atoms with Crippen molar-refractivity contribution in [1.29, 1.82) is 0 Å². The number of aromatic nitrogens is 2. The third-order valence-corrected chi connectivity index (χ3v) is 6.76. The van der Waals surface area contributed by atoms with Crippen molar-refractivity contribution < 1.29 is 18.7 Å². The molecule has 5 aromatic rings. The van der Waals surface area contributed by atoms with E-state index in [-0.39, 0.29) is 13.1 Å². The van der Waals surface area contributed by atoms with Crippen LogP contribution in [-0.2, 0) is 17.9 Å². The number of furan rings is 1. The van der Waals surface area contributed by atoms with Crippen molar-refractivity contribution in [2.75, 3.05) is 19.5 Å². The molecule has 5 rings (SSSR count). The van der Waals surface area contributed by atoms with Gasteiger partial charge in [-0.3, -0.25) is 18.7 Å². The number of carbonyl (C=O) groups excluding carboxylic acids is 1. The van der Waals surface area contributed by atoms with E-state index in [4.69, 9.17) is 13.9 Å². The number of fused-ring (bicyclic) bond motifs is 3. The highest BCUT2D eigenvalue weighted by molar-refractivity contribution is 7.25. The smallest absolute Gasteiger partial charge is 0.332 e. The fraction of sp³-hybridized carbons (Fsp3) is 0.160. The lowest BCUT2D eigenvalue weighted by Crippen LogP contribution is -2.41. The van der Waals surface area contributed by atoms with E-state index in [0.717, 1.165) is 14.7 Å². The van der Waals surface area contributed by atoms with E-state index in [1.54, 1.807) is 30.3 Å². The van der Waals surface area contributed by atoms with Crippen LogP contribution >= 0.6 is 11.3 Å². The van der Waals surface area contributed by atoms with Gasteiger partial charge in [0, 0.05) is 16.2 Å². The molecule has 35 heavy (non-hydrogen) atoms. The van der Waals surface area contributed by atoms with Gasteiger partial charge in [-0.25, -0.2) is 4.79 Å². The highest BCUT2D eigenvalue weighted by atomic mass is 32.1.